The molecule has 1 saturated heterocycles. The van der Waals surface area contributed by atoms with E-state index in [0.717, 1.165) is 11.1 Å². The van der Waals surface area contributed by atoms with Crippen molar-refractivity contribution in [2.24, 2.45) is 7.05 Å². The molecule has 1 fully saturated rings. The second kappa shape index (κ2) is 8.03. The van der Waals surface area contributed by atoms with Crippen molar-refractivity contribution in [2.75, 3.05) is 19.8 Å². The number of rotatable bonds is 5. The smallest absolute Gasteiger partial charge is 0.272 e. The maximum Gasteiger partial charge on any atom is 0.272 e. The number of nitrogens with zero attached hydrogens (tertiary/aromatic N) is 2. The highest BCUT2D eigenvalue weighted by Gasteiger charge is 2.28. The average Bonchev–Trinajstić information content (AvgIpc) is 2.51. The lowest BCUT2D eigenvalue weighted by Gasteiger charge is -2.31. The van der Waals surface area contributed by atoms with Crippen LogP contribution in [0, 0.1) is 0 Å². The molecule has 0 saturated carbocycles. The van der Waals surface area contributed by atoms with Crippen molar-refractivity contribution in [3.05, 3.63) is 39.8 Å². The molecule has 1 aliphatic heterocycles. The molecule has 0 radical (unpaired) electrons. The zero-order valence-corrected chi connectivity index (χ0v) is 13.7. The van der Waals surface area contributed by atoms with Gasteiger partial charge < -0.3 is 14.8 Å². The van der Waals surface area contributed by atoms with Gasteiger partial charge in [0.05, 0.1) is 25.4 Å². The first-order valence-corrected chi connectivity index (χ1v) is 7.65. The first-order chi connectivity index (χ1) is 11.0. The molecule has 0 aromatic carbocycles. The molecular weight excluding hydrogens is 298 g/mol. The summed E-state index contributed by atoms with van der Waals surface area (Å²) < 4.78 is 12.4. The second-order valence-electron chi connectivity index (χ2n) is 5.78. The Labute approximate surface area is 135 Å². The van der Waals surface area contributed by atoms with Crippen molar-refractivity contribution < 1.29 is 14.3 Å². The maximum absolute atomic E-state index is 12.3. The molecule has 0 bridgehead atoms. The fraction of sp³-hybridized carbons (Fsp3) is 0.562. The van der Waals surface area contributed by atoms with Crippen LogP contribution in [0.25, 0.3) is 0 Å². The van der Waals surface area contributed by atoms with Gasteiger partial charge in [0.2, 0.25) is 0 Å². The molecule has 0 aliphatic carbocycles. The highest BCUT2D eigenvalue weighted by Crippen LogP contribution is 2.13. The third-order valence-electron chi connectivity index (χ3n) is 3.60. The Morgan fingerprint density at radius 1 is 1.52 bits per heavy atom. The normalized spacial score (nSPS) is 20.8. The molecule has 1 N–H and O–H groups in total. The van der Waals surface area contributed by atoms with Gasteiger partial charge in [0, 0.05) is 19.7 Å². The molecule has 1 amide bonds. The largest absolute Gasteiger partial charge is 0.379 e. The molecule has 0 spiro atoms. The minimum Gasteiger partial charge on any atom is -0.379 e. The number of ether oxygens (including phenoxy) is 2. The van der Waals surface area contributed by atoms with Crippen molar-refractivity contribution in [3.8, 4) is 0 Å². The third-order valence-corrected chi connectivity index (χ3v) is 3.60. The number of allylic oxidation sites excluding steroid dienone is 1. The van der Waals surface area contributed by atoms with Crippen molar-refractivity contribution in [1.29, 1.82) is 0 Å². The maximum atomic E-state index is 12.3. The van der Waals surface area contributed by atoms with E-state index in [1.165, 1.54) is 24.8 Å². The van der Waals surface area contributed by atoms with Crippen molar-refractivity contribution in [2.45, 2.75) is 32.4 Å². The van der Waals surface area contributed by atoms with Crippen LogP contribution in [0.5, 0.6) is 0 Å². The summed E-state index contributed by atoms with van der Waals surface area (Å²) in [5.41, 5.74) is 1.12. The standard InChI is InChI=1S/C16H23N3O4/c1-11(2)6-9-23-14-7-8-22-10-13(14)17-16(21)12-4-5-15(20)19(3)18-12/h4-6,13-14H,7-10H2,1-3H3,(H,17,21)/t13-,14+/m1/s1. The number of nitrogens with one attached hydrogen (secondary N) is 1. The molecule has 1 aliphatic rings. The number of aryl methyl sites for hydroxylation is 1. The highest BCUT2D eigenvalue weighted by atomic mass is 16.5. The van der Waals surface area contributed by atoms with E-state index in [1.54, 1.807) is 0 Å². The van der Waals surface area contributed by atoms with E-state index >= 15 is 0 Å². The Morgan fingerprint density at radius 3 is 3.00 bits per heavy atom. The summed E-state index contributed by atoms with van der Waals surface area (Å²) in [4.78, 5) is 23.6. The van der Waals surface area contributed by atoms with Crippen LogP contribution < -0.4 is 10.9 Å². The number of aromatic nitrogens is 2. The quantitative estimate of drug-likeness (QED) is 0.805. The van der Waals surface area contributed by atoms with E-state index in [9.17, 15) is 9.59 Å². The van der Waals surface area contributed by atoms with Crippen LogP contribution in [-0.4, -0.2) is 47.7 Å². The van der Waals surface area contributed by atoms with Crippen LogP contribution in [0.4, 0.5) is 0 Å². The van der Waals surface area contributed by atoms with Crippen LogP contribution in [0.2, 0.25) is 0 Å². The number of hydrogen-bond donors (Lipinski definition) is 1. The first kappa shape index (κ1) is 17.4. The number of carbonyl (C=O) groups excluding carboxylic acids is 1. The van der Waals surface area contributed by atoms with Crippen LogP contribution in [-0.2, 0) is 16.5 Å². The molecule has 1 aromatic rings. The van der Waals surface area contributed by atoms with E-state index in [-0.39, 0.29) is 29.3 Å². The zero-order chi connectivity index (χ0) is 16.8. The van der Waals surface area contributed by atoms with Gasteiger partial charge in [0.25, 0.3) is 11.5 Å². The predicted octanol–water partition coefficient (Wildman–Crippen LogP) is 0.650. The molecule has 2 atom stereocenters. The summed E-state index contributed by atoms with van der Waals surface area (Å²) in [6.07, 6.45) is 2.63. The van der Waals surface area contributed by atoms with Gasteiger partial charge >= 0.3 is 0 Å². The fourth-order valence-corrected chi connectivity index (χ4v) is 2.26. The lowest BCUT2D eigenvalue weighted by atomic mass is 10.1. The summed E-state index contributed by atoms with van der Waals surface area (Å²) in [6, 6.07) is 2.50. The molecule has 7 nitrogen and oxygen atoms in total. The molecule has 0 unspecified atom stereocenters. The van der Waals surface area contributed by atoms with Gasteiger partial charge in [-0.15, -0.1) is 0 Å². The summed E-state index contributed by atoms with van der Waals surface area (Å²) >= 11 is 0. The highest BCUT2D eigenvalue weighted by molar-refractivity contribution is 5.92. The second-order valence-corrected chi connectivity index (χ2v) is 5.78. The lowest BCUT2D eigenvalue weighted by molar-refractivity contribution is -0.0458. The summed E-state index contributed by atoms with van der Waals surface area (Å²) in [5.74, 6) is -0.341. The van der Waals surface area contributed by atoms with Gasteiger partial charge in [-0.3, -0.25) is 9.59 Å². The van der Waals surface area contributed by atoms with E-state index in [0.29, 0.717) is 19.8 Å². The molecule has 2 rings (SSSR count). The van der Waals surface area contributed by atoms with Gasteiger partial charge in [-0.25, -0.2) is 4.68 Å². The SMILES string of the molecule is CC(C)=CCO[C@H]1CCOC[C@H]1NC(=O)c1ccc(=O)n(C)n1. The minimum atomic E-state index is -0.341. The number of hydrogen-bond acceptors (Lipinski definition) is 5. The van der Waals surface area contributed by atoms with E-state index < -0.39 is 0 Å². The Morgan fingerprint density at radius 2 is 2.30 bits per heavy atom. The van der Waals surface area contributed by atoms with Crippen molar-refractivity contribution in [3.63, 3.8) is 0 Å². The summed E-state index contributed by atoms with van der Waals surface area (Å²) in [5, 5.41) is 6.83. The Kier molecular flexibility index (Phi) is 6.06. The Balaban J connectivity index is 2.00. The van der Waals surface area contributed by atoms with Crippen LogP contribution in [0.1, 0.15) is 30.8 Å². The van der Waals surface area contributed by atoms with Gasteiger partial charge in [-0.2, -0.15) is 5.10 Å². The van der Waals surface area contributed by atoms with Crippen LogP contribution in [0.3, 0.4) is 0 Å². The summed E-state index contributed by atoms with van der Waals surface area (Å²) in [7, 11) is 1.51. The monoisotopic (exact) mass is 321 g/mol. The zero-order valence-electron chi connectivity index (χ0n) is 13.7. The minimum absolute atomic E-state index is 0.101. The molecule has 126 valence electrons. The third kappa shape index (κ3) is 5.01. The van der Waals surface area contributed by atoms with Gasteiger partial charge in [-0.05, 0) is 26.3 Å². The average molecular weight is 321 g/mol. The fourth-order valence-electron chi connectivity index (χ4n) is 2.26. The predicted molar refractivity (Wildman–Crippen MR) is 85.3 cm³/mol. The van der Waals surface area contributed by atoms with Gasteiger partial charge in [0.15, 0.2) is 0 Å². The first-order valence-electron chi connectivity index (χ1n) is 7.65. The Hall–Kier alpha value is -1.99. The molecule has 7 heteroatoms. The van der Waals surface area contributed by atoms with Crippen LogP contribution >= 0.6 is 0 Å². The molecule has 1 aromatic heterocycles. The van der Waals surface area contributed by atoms with Crippen molar-refractivity contribution >= 4 is 5.91 Å². The van der Waals surface area contributed by atoms with E-state index in [1.807, 2.05) is 19.9 Å². The van der Waals surface area contributed by atoms with Crippen molar-refractivity contribution in [1.82, 2.24) is 15.1 Å². The van der Waals surface area contributed by atoms with E-state index in [2.05, 4.69) is 10.4 Å². The molecular formula is C16H23N3O4. The van der Waals surface area contributed by atoms with Gasteiger partial charge in [-0.1, -0.05) is 11.6 Å². The molecule has 23 heavy (non-hydrogen) atoms. The lowest BCUT2D eigenvalue weighted by Crippen LogP contribution is -2.51. The summed E-state index contributed by atoms with van der Waals surface area (Å²) in [6.45, 7) is 5.55. The molecule has 2 heterocycles. The Bertz CT molecular complexity index is 634. The topological polar surface area (TPSA) is 82.5 Å². The number of amides is 1. The number of carbonyl (C=O) groups is 1. The van der Waals surface area contributed by atoms with E-state index in [4.69, 9.17) is 9.47 Å². The van der Waals surface area contributed by atoms with Gasteiger partial charge in [0.1, 0.15) is 5.69 Å². The van der Waals surface area contributed by atoms with Crippen LogP contribution in [0.15, 0.2) is 28.6 Å².